The second-order valence-corrected chi connectivity index (χ2v) is 4.06. The number of rotatable bonds is 0. The van der Waals surface area contributed by atoms with Crippen molar-refractivity contribution in [3.8, 4) is 6.07 Å². The Hall–Kier alpha value is -1.79. The Balaban J connectivity index is 2.66. The van der Waals surface area contributed by atoms with Crippen molar-refractivity contribution in [1.82, 2.24) is 4.98 Å². The van der Waals surface area contributed by atoms with Crippen LogP contribution in [0.25, 0.3) is 20.9 Å². The van der Waals surface area contributed by atoms with E-state index in [0.29, 0.717) is 5.69 Å². The van der Waals surface area contributed by atoms with Crippen molar-refractivity contribution < 1.29 is 0 Å². The summed E-state index contributed by atoms with van der Waals surface area (Å²) in [6, 6.07) is 8.39. The number of hydrogen-bond acceptors (Lipinski definition) is 2. The molecule has 0 radical (unpaired) electrons. The van der Waals surface area contributed by atoms with Gasteiger partial charge < -0.3 is 4.98 Å². The maximum absolute atomic E-state index is 8.94. The average Bonchev–Trinajstić information content (AvgIpc) is 2.82. The van der Waals surface area contributed by atoms with Gasteiger partial charge in [0.25, 0.3) is 0 Å². The van der Waals surface area contributed by atoms with Crippen molar-refractivity contribution >= 4 is 32.2 Å². The van der Waals surface area contributed by atoms with Gasteiger partial charge in [-0.15, -0.1) is 11.3 Å². The molecule has 0 aliphatic heterocycles. The van der Waals surface area contributed by atoms with Crippen molar-refractivity contribution in [3.63, 3.8) is 0 Å². The second kappa shape index (κ2) is 2.60. The molecule has 3 heteroatoms. The summed E-state index contributed by atoms with van der Waals surface area (Å²) in [5.41, 5.74) is 0.660. The fourth-order valence-corrected chi connectivity index (χ4v) is 2.70. The Kier molecular flexibility index (Phi) is 1.41. The zero-order valence-corrected chi connectivity index (χ0v) is 8.06. The summed E-state index contributed by atoms with van der Waals surface area (Å²) in [6.07, 6.45) is 1.88. The van der Waals surface area contributed by atoms with Gasteiger partial charge in [0.05, 0.1) is 0 Å². The summed E-state index contributed by atoms with van der Waals surface area (Å²) in [5.74, 6) is 0. The summed E-state index contributed by atoms with van der Waals surface area (Å²) >= 11 is 1.68. The Bertz CT molecular complexity index is 655. The number of nitriles is 1. The molecular weight excluding hydrogens is 192 g/mol. The van der Waals surface area contributed by atoms with Gasteiger partial charge in [-0.2, -0.15) is 5.26 Å². The Labute approximate surface area is 84.4 Å². The third kappa shape index (κ3) is 0.835. The lowest BCUT2D eigenvalue weighted by Gasteiger charge is -1.92. The van der Waals surface area contributed by atoms with E-state index in [-0.39, 0.29) is 0 Å². The summed E-state index contributed by atoms with van der Waals surface area (Å²) in [4.78, 5) is 2.99. The van der Waals surface area contributed by atoms with Gasteiger partial charge in [-0.1, -0.05) is 12.1 Å². The highest BCUT2D eigenvalue weighted by molar-refractivity contribution is 7.18. The second-order valence-electron chi connectivity index (χ2n) is 3.14. The molecule has 0 amide bonds. The van der Waals surface area contributed by atoms with E-state index in [1.807, 2.05) is 12.3 Å². The van der Waals surface area contributed by atoms with Crippen LogP contribution in [0, 0.1) is 11.3 Å². The Morgan fingerprint density at radius 3 is 2.93 bits per heavy atom. The number of aromatic nitrogens is 1. The normalized spacial score (nSPS) is 10.8. The van der Waals surface area contributed by atoms with Crippen LogP contribution in [-0.2, 0) is 0 Å². The lowest BCUT2D eigenvalue weighted by Crippen LogP contribution is -1.72. The van der Waals surface area contributed by atoms with Crippen molar-refractivity contribution in [2.75, 3.05) is 0 Å². The fraction of sp³-hybridized carbons (Fsp3) is 0. The minimum atomic E-state index is 0.660. The lowest BCUT2D eigenvalue weighted by molar-refractivity contribution is 1.35. The van der Waals surface area contributed by atoms with Crippen LogP contribution in [0.3, 0.4) is 0 Å². The Morgan fingerprint density at radius 2 is 2.07 bits per heavy atom. The summed E-state index contributed by atoms with van der Waals surface area (Å²) in [6.45, 7) is 0. The quantitative estimate of drug-likeness (QED) is 0.591. The third-order valence-corrected chi connectivity index (χ3v) is 3.34. The zero-order valence-electron chi connectivity index (χ0n) is 7.24. The SMILES string of the molecule is N#Cc1[nH]cc2ccc3ccsc3c12. The van der Waals surface area contributed by atoms with E-state index in [2.05, 4.69) is 28.6 Å². The fourth-order valence-electron chi connectivity index (χ4n) is 1.74. The molecule has 1 N–H and O–H groups in total. The molecule has 0 unspecified atom stereocenters. The van der Waals surface area contributed by atoms with E-state index in [4.69, 9.17) is 5.26 Å². The molecule has 1 aromatic carbocycles. The molecule has 2 aromatic heterocycles. The van der Waals surface area contributed by atoms with Crippen LogP contribution >= 0.6 is 11.3 Å². The van der Waals surface area contributed by atoms with Crippen LogP contribution in [0.15, 0.2) is 29.8 Å². The molecule has 14 heavy (non-hydrogen) atoms. The molecule has 2 heterocycles. The van der Waals surface area contributed by atoms with Crippen molar-refractivity contribution in [3.05, 3.63) is 35.5 Å². The molecule has 0 saturated carbocycles. The molecule has 0 atom stereocenters. The standard InChI is InChI=1S/C11H6N2S/c12-5-9-10-8(6-13-9)2-1-7-3-4-14-11(7)10/h1-4,6,13H. The maximum Gasteiger partial charge on any atom is 0.126 e. The van der Waals surface area contributed by atoms with Crippen molar-refractivity contribution in [1.29, 1.82) is 5.26 Å². The van der Waals surface area contributed by atoms with Crippen LogP contribution in [0.2, 0.25) is 0 Å². The van der Waals surface area contributed by atoms with Gasteiger partial charge in [0, 0.05) is 21.7 Å². The topological polar surface area (TPSA) is 39.6 Å². The summed E-state index contributed by atoms with van der Waals surface area (Å²) in [5, 5.41) is 14.4. The van der Waals surface area contributed by atoms with E-state index in [0.717, 1.165) is 10.8 Å². The van der Waals surface area contributed by atoms with Gasteiger partial charge in [0.1, 0.15) is 11.8 Å². The van der Waals surface area contributed by atoms with E-state index in [9.17, 15) is 0 Å². The predicted molar refractivity (Wildman–Crippen MR) is 58.4 cm³/mol. The number of fused-ring (bicyclic) bond motifs is 3. The third-order valence-electron chi connectivity index (χ3n) is 2.39. The van der Waals surface area contributed by atoms with Crippen LogP contribution in [-0.4, -0.2) is 4.98 Å². The molecule has 0 saturated heterocycles. The number of nitrogens with one attached hydrogen (secondary N) is 1. The molecule has 0 aliphatic carbocycles. The highest BCUT2D eigenvalue weighted by Gasteiger charge is 2.07. The van der Waals surface area contributed by atoms with Crippen molar-refractivity contribution in [2.24, 2.45) is 0 Å². The van der Waals surface area contributed by atoms with Crippen LogP contribution in [0.1, 0.15) is 5.69 Å². The van der Waals surface area contributed by atoms with Crippen LogP contribution in [0.4, 0.5) is 0 Å². The Morgan fingerprint density at radius 1 is 1.21 bits per heavy atom. The molecule has 3 rings (SSSR count). The number of thiophene rings is 1. The number of benzene rings is 1. The first kappa shape index (κ1) is 7.60. The van der Waals surface area contributed by atoms with Gasteiger partial charge in [0.15, 0.2) is 0 Å². The molecule has 0 fully saturated rings. The van der Waals surface area contributed by atoms with Gasteiger partial charge in [-0.3, -0.25) is 0 Å². The van der Waals surface area contributed by atoms with Crippen LogP contribution in [0.5, 0.6) is 0 Å². The highest BCUT2D eigenvalue weighted by Crippen LogP contribution is 2.31. The highest BCUT2D eigenvalue weighted by atomic mass is 32.1. The number of aromatic amines is 1. The van der Waals surface area contributed by atoms with E-state index in [1.54, 1.807) is 11.3 Å². The molecule has 66 valence electrons. The average molecular weight is 198 g/mol. The first-order valence-corrected chi connectivity index (χ1v) is 5.15. The maximum atomic E-state index is 8.94. The zero-order chi connectivity index (χ0) is 9.54. The van der Waals surface area contributed by atoms with Crippen molar-refractivity contribution in [2.45, 2.75) is 0 Å². The van der Waals surface area contributed by atoms with Crippen LogP contribution < -0.4 is 0 Å². The monoisotopic (exact) mass is 198 g/mol. The molecule has 2 nitrogen and oxygen atoms in total. The molecule has 0 spiro atoms. The largest absolute Gasteiger partial charge is 0.352 e. The lowest BCUT2D eigenvalue weighted by atomic mass is 10.1. The van der Waals surface area contributed by atoms with Gasteiger partial charge in [0.2, 0.25) is 0 Å². The van der Waals surface area contributed by atoms with E-state index in [1.165, 1.54) is 10.1 Å². The van der Waals surface area contributed by atoms with E-state index < -0.39 is 0 Å². The van der Waals surface area contributed by atoms with Gasteiger partial charge in [-0.05, 0) is 16.8 Å². The van der Waals surface area contributed by atoms with Gasteiger partial charge in [-0.25, -0.2) is 0 Å². The predicted octanol–water partition coefficient (Wildman–Crippen LogP) is 3.25. The number of H-pyrrole nitrogens is 1. The molecule has 0 bridgehead atoms. The first-order valence-electron chi connectivity index (χ1n) is 4.27. The number of hydrogen-bond donors (Lipinski definition) is 1. The number of nitrogens with zero attached hydrogens (tertiary/aromatic N) is 1. The summed E-state index contributed by atoms with van der Waals surface area (Å²) in [7, 11) is 0. The molecule has 3 aromatic rings. The summed E-state index contributed by atoms with van der Waals surface area (Å²) < 4.78 is 1.19. The molecule has 0 aliphatic rings. The minimum Gasteiger partial charge on any atom is -0.352 e. The smallest absolute Gasteiger partial charge is 0.126 e. The van der Waals surface area contributed by atoms with E-state index >= 15 is 0 Å². The van der Waals surface area contributed by atoms with Gasteiger partial charge >= 0.3 is 0 Å². The molecular formula is C11H6N2S. The minimum absolute atomic E-state index is 0.660. The first-order chi connectivity index (χ1) is 6.90.